The molecule has 0 aromatic heterocycles. The lowest BCUT2D eigenvalue weighted by molar-refractivity contribution is -0.891. The Bertz CT molecular complexity index is 290. The fourth-order valence-electron chi connectivity index (χ4n) is 3.86. The van der Waals surface area contributed by atoms with E-state index < -0.39 is 0 Å². The van der Waals surface area contributed by atoms with E-state index in [4.69, 9.17) is 4.74 Å². The van der Waals surface area contributed by atoms with Gasteiger partial charge >= 0.3 is 0 Å². The van der Waals surface area contributed by atoms with Crippen molar-refractivity contribution >= 4 is 0 Å². The van der Waals surface area contributed by atoms with Gasteiger partial charge in [0.1, 0.15) is 6.54 Å². The Kier molecular flexibility index (Phi) is 21.6. The normalized spacial score (nSPS) is 12.0. The van der Waals surface area contributed by atoms with Crippen LogP contribution < -0.4 is 0 Å². The van der Waals surface area contributed by atoms with Crippen molar-refractivity contribution in [3.63, 3.8) is 0 Å². The van der Waals surface area contributed by atoms with Gasteiger partial charge in [0.15, 0.2) is 0 Å². The Hall–Kier alpha value is -0.0800. The predicted octanol–water partition coefficient (Wildman–Crippen LogP) is 8.14. The molecular formula is C26H56NO+. The first-order valence-corrected chi connectivity index (χ1v) is 13.0. The minimum Gasteiger partial charge on any atom is -0.376 e. The predicted molar refractivity (Wildman–Crippen MR) is 127 cm³/mol. The van der Waals surface area contributed by atoms with E-state index in [1.807, 2.05) is 0 Å². The molecule has 0 aliphatic heterocycles. The summed E-state index contributed by atoms with van der Waals surface area (Å²) in [5.74, 6) is 0. The van der Waals surface area contributed by atoms with Gasteiger partial charge < -0.3 is 9.22 Å². The molecule has 0 aliphatic rings. The molecule has 0 atom stereocenters. The van der Waals surface area contributed by atoms with Crippen LogP contribution in [0.15, 0.2) is 0 Å². The lowest BCUT2D eigenvalue weighted by Crippen LogP contribution is -2.43. The zero-order chi connectivity index (χ0) is 20.8. The van der Waals surface area contributed by atoms with E-state index in [1.165, 1.54) is 122 Å². The molecule has 0 radical (unpaired) electrons. The van der Waals surface area contributed by atoms with Crippen LogP contribution in [0, 0.1) is 0 Å². The van der Waals surface area contributed by atoms with Crippen molar-refractivity contribution in [2.45, 2.75) is 129 Å². The van der Waals surface area contributed by atoms with E-state index in [-0.39, 0.29) is 0 Å². The van der Waals surface area contributed by atoms with Crippen LogP contribution in [0.25, 0.3) is 0 Å². The number of rotatable bonds is 23. The lowest BCUT2D eigenvalue weighted by Gasteiger charge is -2.29. The fourth-order valence-corrected chi connectivity index (χ4v) is 3.86. The van der Waals surface area contributed by atoms with Crippen LogP contribution in [0.4, 0.5) is 0 Å². The number of nitrogens with zero attached hydrogens (tertiary/aromatic N) is 1. The van der Waals surface area contributed by atoms with Crippen LogP contribution in [0.1, 0.15) is 129 Å². The molecule has 0 bridgehead atoms. The zero-order valence-corrected chi connectivity index (χ0v) is 20.4. The summed E-state index contributed by atoms with van der Waals surface area (Å²) >= 11 is 0. The van der Waals surface area contributed by atoms with Crippen LogP contribution in [0.5, 0.6) is 0 Å². The van der Waals surface area contributed by atoms with Gasteiger partial charge in [0.05, 0.1) is 27.2 Å². The number of likely N-dealkylation sites (N-methyl/N-ethyl adjacent to an activating group) is 1. The molecule has 2 heteroatoms. The first-order valence-electron chi connectivity index (χ1n) is 13.0. The van der Waals surface area contributed by atoms with Crippen molar-refractivity contribution in [3.8, 4) is 0 Å². The summed E-state index contributed by atoms with van der Waals surface area (Å²) in [5.41, 5.74) is 0. The number of unbranched alkanes of at least 4 members (excludes halogenated alkanes) is 16. The summed E-state index contributed by atoms with van der Waals surface area (Å²) in [4.78, 5) is 0. The molecule has 0 saturated heterocycles. The van der Waals surface area contributed by atoms with Gasteiger partial charge in [-0.1, -0.05) is 110 Å². The maximum absolute atomic E-state index is 5.73. The second-order valence-electron chi connectivity index (χ2n) is 9.65. The van der Waals surface area contributed by atoms with Crippen molar-refractivity contribution in [2.75, 3.05) is 40.4 Å². The van der Waals surface area contributed by atoms with E-state index >= 15 is 0 Å². The van der Waals surface area contributed by atoms with Gasteiger partial charge in [-0.05, 0) is 19.3 Å². The van der Waals surface area contributed by atoms with Gasteiger partial charge in [0, 0.05) is 6.61 Å². The summed E-state index contributed by atoms with van der Waals surface area (Å²) in [7, 11) is 4.71. The lowest BCUT2D eigenvalue weighted by atomic mass is 10.0. The maximum atomic E-state index is 5.73. The molecule has 170 valence electrons. The minimum absolute atomic E-state index is 0.922. The van der Waals surface area contributed by atoms with E-state index in [0.717, 1.165) is 24.2 Å². The van der Waals surface area contributed by atoms with Crippen molar-refractivity contribution in [2.24, 2.45) is 0 Å². The Labute approximate surface area is 179 Å². The molecule has 0 fully saturated rings. The molecule has 0 amide bonds. The Balaban J connectivity index is 3.22. The van der Waals surface area contributed by atoms with Gasteiger partial charge in [-0.15, -0.1) is 0 Å². The highest BCUT2D eigenvalue weighted by Gasteiger charge is 2.13. The summed E-state index contributed by atoms with van der Waals surface area (Å²) in [6.45, 7) is 8.84. The number of hydrogen-bond donors (Lipinski definition) is 0. The average Bonchev–Trinajstić information content (AvgIpc) is 2.67. The van der Waals surface area contributed by atoms with Crippen LogP contribution in [0.2, 0.25) is 0 Å². The number of ether oxygens (including phenoxy) is 1. The molecule has 0 saturated carbocycles. The quantitative estimate of drug-likeness (QED) is 0.125. The standard InChI is InChI=1S/C26H56NO/c1-5-7-9-10-11-12-13-14-15-16-17-18-19-20-21-22-23-27(3,4)24-26-28-25-8-6-2/h5-26H2,1-4H3/q+1. The third kappa shape index (κ3) is 22.2. The third-order valence-electron chi connectivity index (χ3n) is 6.10. The topological polar surface area (TPSA) is 9.23 Å². The summed E-state index contributed by atoms with van der Waals surface area (Å²) in [5, 5.41) is 0. The van der Waals surface area contributed by atoms with Crippen LogP contribution in [-0.2, 0) is 4.74 Å². The van der Waals surface area contributed by atoms with Crippen molar-refractivity contribution in [1.82, 2.24) is 0 Å². The minimum atomic E-state index is 0.922. The smallest absolute Gasteiger partial charge is 0.102 e. The van der Waals surface area contributed by atoms with Gasteiger partial charge in [-0.25, -0.2) is 0 Å². The van der Waals surface area contributed by atoms with Gasteiger partial charge in [0.25, 0.3) is 0 Å². The molecule has 0 aliphatic carbocycles. The van der Waals surface area contributed by atoms with Crippen molar-refractivity contribution < 1.29 is 9.22 Å². The molecule has 0 aromatic carbocycles. The molecule has 0 N–H and O–H groups in total. The summed E-state index contributed by atoms with van der Waals surface area (Å²) in [6, 6.07) is 0. The monoisotopic (exact) mass is 398 g/mol. The zero-order valence-electron chi connectivity index (χ0n) is 20.4. The summed E-state index contributed by atoms with van der Waals surface area (Å²) in [6.07, 6.45) is 25.6. The SMILES string of the molecule is CCCCCCCCCCCCCCCCCC[N+](C)(C)CCOCCCC. The van der Waals surface area contributed by atoms with E-state index in [9.17, 15) is 0 Å². The van der Waals surface area contributed by atoms with E-state index in [1.54, 1.807) is 0 Å². The Morgan fingerprint density at radius 3 is 1.25 bits per heavy atom. The van der Waals surface area contributed by atoms with Crippen molar-refractivity contribution in [3.05, 3.63) is 0 Å². The first-order chi connectivity index (χ1) is 13.6. The molecule has 0 spiro atoms. The number of quaternary nitrogens is 1. The molecular weight excluding hydrogens is 342 g/mol. The third-order valence-corrected chi connectivity index (χ3v) is 6.10. The Morgan fingerprint density at radius 2 is 0.821 bits per heavy atom. The van der Waals surface area contributed by atoms with E-state index in [0.29, 0.717) is 0 Å². The second kappa shape index (κ2) is 21.6. The molecule has 0 unspecified atom stereocenters. The average molecular weight is 399 g/mol. The highest BCUT2D eigenvalue weighted by molar-refractivity contribution is 4.50. The molecule has 28 heavy (non-hydrogen) atoms. The van der Waals surface area contributed by atoms with Crippen molar-refractivity contribution in [1.29, 1.82) is 0 Å². The van der Waals surface area contributed by atoms with Crippen LogP contribution >= 0.6 is 0 Å². The highest BCUT2D eigenvalue weighted by Crippen LogP contribution is 2.14. The summed E-state index contributed by atoms with van der Waals surface area (Å²) < 4.78 is 6.84. The molecule has 2 nitrogen and oxygen atoms in total. The first kappa shape index (κ1) is 27.9. The fraction of sp³-hybridized carbons (Fsp3) is 1.00. The second-order valence-corrected chi connectivity index (χ2v) is 9.65. The largest absolute Gasteiger partial charge is 0.376 e. The van der Waals surface area contributed by atoms with Gasteiger partial charge in [-0.3, -0.25) is 0 Å². The molecule has 0 aromatic rings. The van der Waals surface area contributed by atoms with Crippen LogP contribution in [0.3, 0.4) is 0 Å². The van der Waals surface area contributed by atoms with E-state index in [2.05, 4.69) is 27.9 Å². The number of hydrogen-bond acceptors (Lipinski definition) is 1. The molecule has 0 rings (SSSR count). The Morgan fingerprint density at radius 1 is 0.429 bits per heavy atom. The van der Waals surface area contributed by atoms with Gasteiger partial charge in [0.2, 0.25) is 0 Å². The highest BCUT2D eigenvalue weighted by atomic mass is 16.5. The molecule has 0 heterocycles. The maximum Gasteiger partial charge on any atom is 0.102 e. The van der Waals surface area contributed by atoms with Crippen LogP contribution in [-0.4, -0.2) is 44.9 Å². The van der Waals surface area contributed by atoms with Gasteiger partial charge in [-0.2, -0.15) is 0 Å².